The van der Waals surface area contributed by atoms with Gasteiger partial charge in [0.1, 0.15) is 5.82 Å². The predicted octanol–water partition coefficient (Wildman–Crippen LogP) is 4.11. The summed E-state index contributed by atoms with van der Waals surface area (Å²) >= 11 is 7.36. The molecule has 0 saturated carbocycles. The van der Waals surface area contributed by atoms with Gasteiger partial charge in [0.05, 0.1) is 6.21 Å². The molecule has 0 fully saturated rings. The quantitative estimate of drug-likeness (QED) is 0.490. The second-order valence-corrected chi connectivity index (χ2v) is 5.97. The largest absolute Gasteiger partial charge is 0.273 e. The third-order valence-electron chi connectivity index (χ3n) is 2.71. The second-order valence-electron chi connectivity index (χ2n) is 4.37. The first-order chi connectivity index (χ1) is 10.6. The monoisotopic (exact) mass is 336 g/mol. The summed E-state index contributed by atoms with van der Waals surface area (Å²) in [6.45, 7) is 0. The summed E-state index contributed by atoms with van der Waals surface area (Å²) in [5.74, 6) is 0.0377. The summed E-state index contributed by atoms with van der Waals surface area (Å²) in [7, 11) is 0. The number of benzene rings is 2. The van der Waals surface area contributed by atoms with E-state index in [1.54, 1.807) is 30.0 Å². The van der Waals surface area contributed by atoms with Crippen LogP contribution in [0.4, 0.5) is 4.39 Å². The molecule has 0 radical (unpaired) electrons. The third-order valence-corrected chi connectivity index (χ3v) is 3.98. The van der Waals surface area contributed by atoms with E-state index in [9.17, 15) is 9.18 Å². The van der Waals surface area contributed by atoms with Gasteiger partial charge >= 0.3 is 0 Å². The van der Waals surface area contributed by atoms with Crippen molar-refractivity contribution in [2.75, 3.05) is 5.75 Å². The van der Waals surface area contributed by atoms with Gasteiger partial charge in [-0.15, -0.1) is 11.8 Å². The number of nitrogens with one attached hydrogen (secondary N) is 1. The molecule has 1 N–H and O–H groups in total. The molecule has 0 atom stereocenters. The molecule has 0 aromatic heterocycles. The first-order valence-corrected chi connectivity index (χ1v) is 7.96. The number of thioether (sulfide) groups is 1. The highest BCUT2D eigenvalue weighted by molar-refractivity contribution is 7.99. The zero-order chi connectivity index (χ0) is 15.8. The van der Waals surface area contributed by atoms with Gasteiger partial charge in [0.25, 0.3) is 0 Å². The Morgan fingerprint density at radius 2 is 1.95 bits per heavy atom. The molecule has 0 aliphatic heterocycles. The number of halogens is 2. The first kappa shape index (κ1) is 16.5. The molecule has 0 saturated heterocycles. The fraction of sp³-hybridized carbons (Fsp3) is 0.125. The van der Waals surface area contributed by atoms with Gasteiger partial charge in [0, 0.05) is 27.7 Å². The van der Waals surface area contributed by atoms with Crippen molar-refractivity contribution in [2.45, 2.75) is 11.3 Å². The molecule has 0 bridgehead atoms. The normalized spacial score (nSPS) is 10.8. The lowest BCUT2D eigenvalue weighted by Crippen LogP contribution is -2.17. The van der Waals surface area contributed by atoms with Crippen molar-refractivity contribution in [2.24, 2.45) is 5.10 Å². The van der Waals surface area contributed by atoms with Gasteiger partial charge in [0.15, 0.2) is 0 Å². The first-order valence-electron chi connectivity index (χ1n) is 6.60. The minimum atomic E-state index is -0.376. The highest BCUT2D eigenvalue weighted by Gasteiger charge is 2.01. The Morgan fingerprint density at radius 1 is 1.23 bits per heavy atom. The topological polar surface area (TPSA) is 41.5 Å². The molecular formula is C16H14ClFN2OS. The molecule has 0 aliphatic carbocycles. The molecule has 0 unspecified atom stereocenters. The van der Waals surface area contributed by atoms with E-state index < -0.39 is 0 Å². The van der Waals surface area contributed by atoms with Crippen molar-refractivity contribution in [1.29, 1.82) is 0 Å². The third kappa shape index (κ3) is 5.50. The Balaban J connectivity index is 1.72. The zero-order valence-corrected chi connectivity index (χ0v) is 13.2. The van der Waals surface area contributed by atoms with E-state index in [0.29, 0.717) is 22.8 Å². The molecule has 3 nitrogen and oxygen atoms in total. The minimum Gasteiger partial charge on any atom is -0.273 e. The summed E-state index contributed by atoms with van der Waals surface area (Å²) in [6, 6.07) is 13.6. The summed E-state index contributed by atoms with van der Waals surface area (Å²) in [4.78, 5) is 12.7. The summed E-state index contributed by atoms with van der Waals surface area (Å²) in [6.07, 6.45) is 1.61. The molecule has 0 heterocycles. The molecule has 1 amide bonds. The molecule has 0 aliphatic rings. The summed E-state index contributed by atoms with van der Waals surface area (Å²) < 4.78 is 13.3. The number of hydrogen-bond donors (Lipinski definition) is 1. The van der Waals surface area contributed by atoms with Crippen LogP contribution in [0.25, 0.3) is 0 Å². The lowest BCUT2D eigenvalue weighted by atomic mass is 10.2. The maximum absolute atomic E-state index is 13.3. The van der Waals surface area contributed by atoms with Gasteiger partial charge in [-0.3, -0.25) is 4.79 Å². The zero-order valence-electron chi connectivity index (χ0n) is 11.6. The number of carbonyl (C=O) groups excluding carboxylic acids is 1. The Kier molecular flexibility index (Phi) is 6.43. The predicted molar refractivity (Wildman–Crippen MR) is 88.9 cm³/mol. The molecule has 2 rings (SSSR count). The fourth-order valence-electron chi connectivity index (χ4n) is 1.60. The van der Waals surface area contributed by atoms with Crippen LogP contribution in [-0.2, 0) is 4.79 Å². The van der Waals surface area contributed by atoms with Crippen LogP contribution in [0.3, 0.4) is 0 Å². The number of amides is 1. The van der Waals surface area contributed by atoms with Gasteiger partial charge < -0.3 is 0 Å². The van der Waals surface area contributed by atoms with E-state index >= 15 is 0 Å². The highest BCUT2D eigenvalue weighted by atomic mass is 35.5. The second kappa shape index (κ2) is 8.56. The van der Waals surface area contributed by atoms with Gasteiger partial charge in [-0.05, 0) is 30.3 Å². The van der Waals surface area contributed by atoms with Crippen LogP contribution in [0.15, 0.2) is 58.5 Å². The van der Waals surface area contributed by atoms with Gasteiger partial charge in [-0.2, -0.15) is 5.10 Å². The van der Waals surface area contributed by atoms with Crippen LogP contribution in [-0.4, -0.2) is 17.9 Å². The maximum atomic E-state index is 13.3. The number of nitrogens with zero attached hydrogens (tertiary/aromatic N) is 1. The van der Waals surface area contributed by atoms with Gasteiger partial charge in [-0.25, -0.2) is 9.82 Å². The molecule has 2 aromatic carbocycles. The van der Waals surface area contributed by atoms with Crippen molar-refractivity contribution in [3.8, 4) is 0 Å². The average Bonchev–Trinajstić information content (AvgIpc) is 2.51. The van der Waals surface area contributed by atoms with Gasteiger partial charge in [-0.1, -0.05) is 29.8 Å². The lowest BCUT2D eigenvalue weighted by molar-refractivity contribution is -0.120. The highest BCUT2D eigenvalue weighted by Crippen LogP contribution is 2.20. The van der Waals surface area contributed by atoms with Crippen molar-refractivity contribution in [3.05, 3.63) is 64.9 Å². The van der Waals surface area contributed by atoms with Crippen molar-refractivity contribution >= 4 is 35.5 Å². The van der Waals surface area contributed by atoms with E-state index in [2.05, 4.69) is 10.5 Å². The van der Waals surface area contributed by atoms with E-state index in [-0.39, 0.29) is 11.7 Å². The standard InChI is InChI=1S/C16H14ClFN2OS/c17-13-5-7-14(8-6-13)22-10-9-16(21)20-19-11-12-3-1-2-4-15(12)18/h1-8,11H,9-10H2,(H,20,21)/b19-11-. The van der Waals surface area contributed by atoms with Crippen molar-refractivity contribution in [1.82, 2.24) is 5.43 Å². The van der Waals surface area contributed by atoms with Crippen LogP contribution in [0, 0.1) is 5.82 Å². The average molecular weight is 337 g/mol. The van der Waals surface area contributed by atoms with E-state index in [0.717, 1.165) is 4.90 Å². The summed E-state index contributed by atoms with van der Waals surface area (Å²) in [5, 5.41) is 4.43. The fourth-order valence-corrected chi connectivity index (χ4v) is 2.58. The van der Waals surface area contributed by atoms with Crippen LogP contribution in [0.2, 0.25) is 5.02 Å². The Labute approximate surface area is 137 Å². The SMILES string of the molecule is O=C(CCSc1ccc(Cl)cc1)N/N=C\c1ccccc1F. The van der Waals surface area contributed by atoms with Crippen molar-refractivity contribution in [3.63, 3.8) is 0 Å². The minimum absolute atomic E-state index is 0.214. The molecule has 0 spiro atoms. The van der Waals surface area contributed by atoms with Crippen molar-refractivity contribution < 1.29 is 9.18 Å². The Morgan fingerprint density at radius 3 is 2.68 bits per heavy atom. The number of carbonyl (C=O) groups is 1. The molecule has 2 aromatic rings. The summed E-state index contributed by atoms with van der Waals surface area (Å²) in [5.41, 5.74) is 2.71. The number of hydrogen-bond acceptors (Lipinski definition) is 3. The lowest BCUT2D eigenvalue weighted by Gasteiger charge is -2.01. The maximum Gasteiger partial charge on any atom is 0.240 e. The van der Waals surface area contributed by atoms with Crippen LogP contribution < -0.4 is 5.43 Å². The molecule has 6 heteroatoms. The molecule has 114 valence electrons. The Hall–Kier alpha value is -1.85. The van der Waals surface area contributed by atoms with Gasteiger partial charge in [0.2, 0.25) is 5.91 Å². The number of rotatable bonds is 6. The van der Waals surface area contributed by atoms with E-state index in [4.69, 9.17) is 11.6 Å². The van der Waals surface area contributed by atoms with E-state index in [1.807, 2.05) is 24.3 Å². The Bertz CT molecular complexity index is 661. The molecule has 22 heavy (non-hydrogen) atoms. The number of hydrazone groups is 1. The van der Waals surface area contributed by atoms with E-state index in [1.165, 1.54) is 12.3 Å². The molecular weight excluding hydrogens is 323 g/mol. The smallest absolute Gasteiger partial charge is 0.240 e. The van der Waals surface area contributed by atoms with Crippen LogP contribution in [0.5, 0.6) is 0 Å². The van der Waals surface area contributed by atoms with Crippen LogP contribution >= 0.6 is 23.4 Å². The van der Waals surface area contributed by atoms with Crippen LogP contribution in [0.1, 0.15) is 12.0 Å².